The van der Waals surface area contributed by atoms with E-state index in [1.54, 1.807) is 0 Å². The smallest absolute Gasteiger partial charge is 0.467 e. The molecule has 136 valence electrons. The zero-order valence-corrected chi connectivity index (χ0v) is 13.7. The lowest BCUT2D eigenvalue weighted by atomic mass is 10.0. The summed E-state index contributed by atoms with van der Waals surface area (Å²) in [6, 6.07) is 13.8. The fraction of sp³-hybridized carbons (Fsp3) is 0.222. The molecule has 1 atom stereocenters. The van der Waals surface area contributed by atoms with E-state index in [2.05, 4.69) is 9.84 Å². The molecular formula is C18H15F3N2O3. The van der Waals surface area contributed by atoms with Gasteiger partial charge in [0.1, 0.15) is 5.75 Å². The van der Waals surface area contributed by atoms with Gasteiger partial charge in [-0.2, -0.15) is 5.10 Å². The third kappa shape index (κ3) is 3.96. The predicted octanol–water partition coefficient (Wildman–Crippen LogP) is 3.74. The molecule has 1 unspecified atom stereocenters. The summed E-state index contributed by atoms with van der Waals surface area (Å²) >= 11 is 0. The number of hydrazone groups is 1. The van der Waals surface area contributed by atoms with Gasteiger partial charge >= 0.3 is 12.3 Å². The van der Waals surface area contributed by atoms with Crippen LogP contribution in [0.1, 0.15) is 12.0 Å². The molecule has 0 radical (unpaired) electrons. The molecule has 1 heterocycles. The van der Waals surface area contributed by atoms with Crippen LogP contribution >= 0.6 is 0 Å². The number of esters is 1. The maximum atomic E-state index is 12.3. The zero-order valence-electron chi connectivity index (χ0n) is 13.7. The van der Waals surface area contributed by atoms with Gasteiger partial charge in [-0.15, -0.1) is 13.2 Å². The Morgan fingerprint density at radius 2 is 1.77 bits per heavy atom. The Morgan fingerprint density at radius 3 is 2.35 bits per heavy atom. The fourth-order valence-corrected chi connectivity index (χ4v) is 2.67. The van der Waals surface area contributed by atoms with Gasteiger partial charge in [-0.1, -0.05) is 30.3 Å². The average molecular weight is 364 g/mol. The minimum absolute atomic E-state index is 0.331. The van der Waals surface area contributed by atoms with Crippen LogP contribution in [0.5, 0.6) is 5.75 Å². The van der Waals surface area contributed by atoms with Crippen molar-refractivity contribution in [3.63, 3.8) is 0 Å². The van der Waals surface area contributed by atoms with Gasteiger partial charge in [0.25, 0.3) is 0 Å². The Morgan fingerprint density at radius 1 is 1.12 bits per heavy atom. The van der Waals surface area contributed by atoms with Gasteiger partial charge in [-0.05, 0) is 29.8 Å². The summed E-state index contributed by atoms with van der Waals surface area (Å²) in [7, 11) is 1.28. The third-order valence-corrected chi connectivity index (χ3v) is 3.83. The van der Waals surface area contributed by atoms with Crippen LogP contribution in [0.15, 0.2) is 59.7 Å². The highest BCUT2D eigenvalue weighted by Crippen LogP contribution is 2.30. The van der Waals surface area contributed by atoms with Gasteiger partial charge in [0.15, 0.2) is 6.04 Å². The molecule has 1 aliphatic heterocycles. The molecular weight excluding hydrogens is 349 g/mol. The van der Waals surface area contributed by atoms with E-state index < -0.39 is 18.4 Å². The zero-order chi connectivity index (χ0) is 18.7. The monoisotopic (exact) mass is 364 g/mol. The van der Waals surface area contributed by atoms with Gasteiger partial charge in [-0.25, -0.2) is 4.79 Å². The number of carbonyl (C=O) groups is 1. The van der Waals surface area contributed by atoms with E-state index in [4.69, 9.17) is 4.74 Å². The number of benzene rings is 2. The SMILES string of the molecule is COC(=O)C1CC(c2ccccc2)=NN1c1ccc(OC(F)(F)F)cc1. The molecule has 3 rings (SSSR count). The highest BCUT2D eigenvalue weighted by atomic mass is 19.4. The summed E-state index contributed by atoms with van der Waals surface area (Å²) in [4.78, 5) is 12.1. The van der Waals surface area contributed by atoms with Crippen molar-refractivity contribution in [1.82, 2.24) is 0 Å². The highest BCUT2D eigenvalue weighted by Gasteiger charge is 2.35. The van der Waals surface area contributed by atoms with Crippen LogP contribution in [0.4, 0.5) is 18.9 Å². The molecule has 0 aromatic heterocycles. The van der Waals surface area contributed by atoms with Crippen LogP contribution in [0.25, 0.3) is 0 Å². The van der Waals surface area contributed by atoms with Gasteiger partial charge in [0.05, 0.1) is 18.5 Å². The van der Waals surface area contributed by atoms with Crippen LogP contribution in [0, 0.1) is 0 Å². The second-order valence-electron chi connectivity index (χ2n) is 5.54. The number of nitrogens with zero attached hydrogens (tertiary/aromatic N) is 2. The van der Waals surface area contributed by atoms with E-state index >= 15 is 0 Å². The molecule has 0 fully saturated rings. The minimum Gasteiger partial charge on any atom is -0.467 e. The molecule has 0 bridgehead atoms. The lowest BCUT2D eigenvalue weighted by Gasteiger charge is -2.21. The van der Waals surface area contributed by atoms with Crippen molar-refractivity contribution in [2.75, 3.05) is 12.1 Å². The van der Waals surface area contributed by atoms with Crippen LogP contribution in [0.2, 0.25) is 0 Å². The van der Waals surface area contributed by atoms with Crippen LogP contribution in [0.3, 0.4) is 0 Å². The largest absolute Gasteiger partial charge is 0.573 e. The van der Waals surface area contributed by atoms with E-state index in [0.29, 0.717) is 17.8 Å². The molecule has 0 spiro atoms. The molecule has 1 aliphatic rings. The average Bonchev–Trinajstić information content (AvgIpc) is 3.06. The number of anilines is 1. The maximum Gasteiger partial charge on any atom is 0.573 e. The number of alkyl halides is 3. The Balaban J connectivity index is 1.89. The van der Waals surface area contributed by atoms with Crippen molar-refractivity contribution < 1.29 is 27.4 Å². The number of carbonyl (C=O) groups excluding carboxylic acids is 1. The first-order valence-corrected chi connectivity index (χ1v) is 7.73. The Labute approximate surface area is 147 Å². The second-order valence-corrected chi connectivity index (χ2v) is 5.54. The second kappa shape index (κ2) is 7.07. The van der Waals surface area contributed by atoms with Crippen molar-refractivity contribution >= 4 is 17.4 Å². The molecule has 0 aliphatic carbocycles. The van der Waals surface area contributed by atoms with Crippen molar-refractivity contribution in [2.24, 2.45) is 5.10 Å². The maximum absolute atomic E-state index is 12.3. The molecule has 8 heteroatoms. The number of hydrogen-bond acceptors (Lipinski definition) is 5. The first-order chi connectivity index (χ1) is 12.4. The number of hydrogen-bond donors (Lipinski definition) is 0. The summed E-state index contributed by atoms with van der Waals surface area (Å²) in [5.74, 6) is -0.822. The number of methoxy groups -OCH3 is 1. The fourth-order valence-electron chi connectivity index (χ4n) is 2.67. The quantitative estimate of drug-likeness (QED) is 0.776. The van der Waals surface area contributed by atoms with E-state index in [-0.39, 0.29) is 5.75 Å². The molecule has 5 nitrogen and oxygen atoms in total. The molecule has 2 aromatic carbocycles. The highest BCUT2D eigenvalue weighted by molar-refractivity contribution is 6.06. The minimum atomic E-state index is -4.76. The van der Waals surface area contributed by atoms with Gasteiger partial charge in [0, 0.05) is 6.42 Å². The molecule has 0 saturated carbocycles. The Hall–Kier alpha value is -3.03. The van der Waals surface area contributed by atoms with Crippen molar-refractivity contribution in [3.8, 4) is 5.75 Å². The van der Waals surface area contributed by atoms with Crippen molar-refractivity contribution in [2.45, 2.75) is 18.8 Å². The Kier molecular flexibility index (Phi) is 4.83. The van der Waals surface area contributed by atoms with Crippen LogP contribution in [-0.4, -0.2) is 31.2 Å². The molecule has 0 saturated heterocycles. The summed E-state index contributed by atoms with van der Waals surface area (Å²) in [5, 5.41) is 5.92. The normalized spacial score (nSPS) is 17.0. The van der Waals surface area contributed by atoms with E-state index in [9.17, 15) is 18.0 Å². The first kappa shape index (κ1) is 17.8. The van der Waals surface area contributed by atoms with Crippen LogP contribution < -0.4 is 9.75 Å². The van der Waals surface area contributed by atoms with Gasteiger partial charge < -0.3 is 9.47 Å². The number of halogens is 3. The summed E-state index contributed by atoms with van der Waals surface area (Å²) < 4.78 is 45.5. The van der Waals surface area contributed by atoms with Crippen LogP contribution in [-0.2, 0) is 9.53 Å². The van der Waals surface area contributed by atoms with Crippen molar-refractivity contribution in [3.05, 3.63) is 60.2 Å². The standard InChI is InChI=1S/C18H15F3N2O3/c1-25-17(24)16-11-15(12-5-3-2-4-6-12)22-23(16)13-7-9-14(10-8-13)26-18(19,20)21/h2-10,16H,11H2,1H3. The molecule has 0 N–H and O–H groups in total. The predicted molar refractivity (Wildman–Crippen MR) is 89.0 cm³/mol. The number of rotatable bonds is 4. The van der Waals surface area contributed by atoms with E-state index in [0.717, 1.165) is 5.56 Å². The summed E-state index contributed by atoms with van der Waals surface area (Å²) in [5.41, 5.74) is 2.01. The molecule has 26 heavy (non-hydrogen) atoms. The van der Waals surface area contributed by atoms with Crippen molar-refractivity contribution in [1.29, 1.82) is 0 Å². The topological polar surface area (TPSA) is 51.1 Å². The lowest BCUT2D eigenvalue weighted by molar-refractivity contribution is -0.274. The van der Waals surface area contributed by atoms with Gasteiger partial charge in [0.2, 0.25) is 0 Å². The molecule has 2 aromatic rings. The summed E-state index contributed by atoms with van der Waals surface area (Å²) in [6.07, 6.45) is -4.43. The van der Waals surface area contributed by atoms with E-state index in [1.807, 2.05) is 30.3 Å². The Bertz CT molecular complexity index is 805. The summed E-state index contributed by atoms with van der Waals surface area (Å²) in [6.45, 7) is 0. The van der Waals surface area contributed by atoms with Gasteiger partial charge in [-0.3, -0.25) is 5.01 Å². The van der Waals surface area contributed by atoms with E-state index in [1.165, 1.54) is 36.4 Å². The molecule has 0 amide bonds. The third-order valence-electron chi connectivity index (χ3n) is 3.83. The lowest BCUT2D eigenvalue weighted by Crippen LogP contribution is -2.35. The first-order valence-electron chi connectivity index (χ1n) is 7.73. The number of ether oxygens (including phenoxy) is 2.